The molecular formula is C27H30N6O3. The zero-order valence-electron chi connectivity index (χ0n) is 21.0. The van der Waals surface area contributed by atoms with Crippen molar-refractivity contribution in [2.45, 2.75) is 33.4 Å². The van der Waals surface area contributed by atoms with Crippen molar-refractivity contribution in [3.8, 4) is 16.9 Å². The molecule has 186 valence electrons. The van der Waals surface area contributed by atoms with E-state index in [4.69, 9.17) is 9.72 Å². The van der Waals surface area contributed by atoms with Crippen molar-refractivity contribution in [1.82, 2.24) is 24.8 Å². The number of hydrogen-bond acceptors (Lipinski definition) is 7. The summed E-state index contributed by atoms with van der Waals surface area (Å²) in [5, 5.41) is 9.57. The number of benzene rings is 2. The molecule has 2 N–H and O–H groups in total. The van der Waals surface area contributed by atoms with Crippen molar-refractivity contribution in [2.75, 3.05) is 32.1 Å². The number of rotatable bonds is 6. The Balaban J connectivity index is 1.53. The van der Waals surface area contributed by atoms with Gasteiger partial charge in [-0.3, -0.25) is 4.79 Å². The van der Waals surface area contributed by atoms with Gasteiger partial charge in [0.05, 0.1) is 30.5 Å². The fourth-order valence-corrected chi connectivity index (χ4v) is 4.68. The molecule has 0 saturated heterocycles. The second kappa shape index (κ2) is 9.58. The van der Waals surface area contributed by atoms with Crippen LogP contribution >= 0.6 is 0 Å². The zero-order valence-corrected chi connectivity index (χ0v) is 21.0. The Kier molecular flexibility index (Phi) is 6.32. The van der Waals surface area contributed by atoms with E-state index in [1.807, 2.05) is 45.0 Å². The first kappa shape index (κ1) is 23.7. The van der Waals surface area contributed by atoms with Crippen LogP contribution in [0.1, 0.15) is 28.5 Å². The molecule has 0 saturated carbocycles. The third-order valence-corrected chi connectivity index (χ3v) is 6.30. The summed E-state index contributed by atoms with van der Waals surface area (Å²) in [5.41, 5.74) is 6.45. The average molecular weight is 487 g/mol. The molecule has 0 bridgehead atoms. The number of imidazole rings is 1. The van der Waals surface area contributed by atoms with E-state index in [9.17, 15) is 9.90 Å². The Morgan fingerprint density at radius 2 is 1.89 bits per heavy atom. The first-order valence-corrected chi connectivity index (χ1v) is 12.0. The van der Waals surface area contributed by atoms with Crippen LogP contribution < -0.4 is 9.64 Å². The molecular weight excluding hydrogens is 456 g/mol. The second-order valence-electron chi connectivity index (χ2n) is 9.48. The summed E-state index contributed by atoms with van der Waals surface area (Å²) >= 11 is 0. The number of aromatic amines is 1. The highest BCUT2D eigenvalue weighted by Gasteiger charge is 2.23. The minimum atomic E-state index is -0.902. The van der Waals surface area contributed by atoms with Crippen LogP contribution in [0.4, 0.5) is 5.82 Å². The molecule has 2 aromatic heterocycles. The number of aliphatic carboxylic acids is 1. The van der Waals surface area contributed by atoms with E-state index in [2.05, 4.69) is 44.1 Å². The van der Waals surface area contributed by atoms with Gasteiger partial charge < -0.3 is 24.6 Å². The first-order chi connectivity index (χ1) is 17.3. The second-order valence-corrected chi connectivity index (χ2v) is 9.48. The lowest BCUT2D eigenvalue weighted by Crippen LogP contribution is -2.29. The molecule has 0 atom stereocenters. The van der Waals surface area contributed by atoms with Gasteiger partial charge in [-0.15, -0.1) is 0 Å². The van der Waals surface area contributed by atoms with Crippen LogP contribution in [0.3, 0.4) is 0 Å². The number of nitrogens with zero attached hydrogens (tertiary/aromatic N) is 5. The molecule has 1 aliphatic rings. The van der Waals surface area contributed by atoms with Gasteiger partial charge in [0.1, 0.15) is 29.8 Å². The van der Waals surface area contributed by atoms with E-state index in [0.717, 1.165) is 39.3 Å². The summed E-state index contributed by atoms with van der Waals surface area (Å²) in [6, 6.07) is 12.4. The molecule has 0 amide bonds. The van der Waals surface area contributed by atoms with E-state index >= 15 is 0 Å². The summed E-state index contributed by atoms with van der Waals surface area (Å²) in [6.45, 7) is 6.00. The van der Waals surface area contributed by atoms with E-state index in [1.165, 1.54) is 0 Å². The monoisotopic (exact) mass is 486 g/mol. The van der Waals surface area contributed by atoms with Gasteiger partial charge in [0.25, 0.3) is 0 Å². The molecule has 0 unspecified atom stereocenters. The molecule has 2 aromatic carbocycles. The van der Waals surface area contributed by atoms with E-state index in [0.29, 0.717) is 49.1 Å². The van der Waals surface area contributed by atoms with Crippen molar-refractivity contribution in [1.29, 1.82) is 0 Å². The minimum Gasteiger partial charge on any atom is -0.491 e. The molecule has 0 aliphatic carbocycles. The fourth-order valence-electron chi connectivity index (χ4n) is 4.68. The van der Waals surface area contributed by atoms with Crippen LogP contribution in [-0.2, 0) is 24.3 Å². The van der Waals surface area contributed by atoms with Gasteiger partial charge in [-0.1, -0.05) is 12.1 Å². The van der Waals surface area contributed by atoms with Gasteiger partial charge in [0.15, 0.2) is 0 Å². The van der Waals surface area contributed by atoms with Gasteiger partial charge in [0, 0.05) is 23.4 Å². The number of nitrogens with one attached hydrogen (secondary N) is 1. The quantitative estimate of drug-likeness (QED) is 0.425. The normalized spacial score (nSPS) is 13.5. The molecule has 1 aliphatic heterocycles. The SMILES string of the molecule is Cc1nc2cc(-c3ccc4c(c3)CN(c3nc(CN(C)C)nc(C)c3CC(=O)O)CCO4)ccc2[nH]1. The number of H-pyrrole nitrogens is 1. The number of carbonyl (C=O) groups is 1. The average Bonchev–Trinajstić information content (AvgIpc) is 3.05. The predicted molar refractivity (Wildman–Crippen MR) is 138 cm³/mol. The van der Waals surface area contributed by atoms with Gasteiger partial charge in [-0.05, 0) is 63.3 Å². The Morgan fingerprint density at radius 3 is 2.67 bits per heavy atom. The van der Waals surface area contributed by atoms with Crippen LogP contribution in [0.2, 0.25) is 0 Å². The number of aromatic nitrogens is 4. The number of aryl methyl sites for hydroxylation is 2. The van der Waals surface area contributed by atoms with Crippen LogP contribution in [0.15, 0.2) is 36.4 Å². The fraction of sp³-hybridized carbons (Fsp3) is 0.333. The van der Waals surface area contributed by atoms with Gasteiger partial charge >= 0.3 is 5.97 Å². The van der Waals surface area contributed by atoms with E-state index < -0.39 is 5.97 Å². The van der Waals surface area contributed by atoms with Crippen molar-refractivity contribution in [2.24, 2.45) is 0 Å². The highest BCUT2D eigenvalue weighted by Crippen LogP contribution is 2.33. The summed E-state index contributed by atoms with van der Waals surface area (Å²) in [6.07, 6.45) is -0.128. The van der Waals surface area contributed by atoms with Crippen molar-refractivity contribution >= 4 is 22.8 Å². The van der Waals surface area contributed by atoms with Crippen LogP contribution in [0.25, 0.3) is 22.2 Å². The van der Waals surface area contributed by atoms with E-state index in [1.54, 1.807) is 0 Å². The third-order valence-electron chi connectivity index (χ3n) is 6.30. The Hall–Kier alpha value is -3.98. The molecule has 4 aromatic rings. The van der Waals surface area contributed by atoms with Crippen LogP contribution in [0, 0.1) is 13.8 Å². The minimum absolute atomic E-state index is 0.128. The first-order valence-electron chi connectivity index (χ1n) is 12.0. The lowest BCUT2D eigenvalue weighted by Gasteiger charge is -2.25. The highest BCUT2D eigenvalue weighted by molar-refractivity contribution is 5.82. The lowest BCUT2D eigenvalue weighted by molar-refractivity contribution is -0.136. The van der Waals surface area contributed by atoms with Crippen molar-refractivity contribution in [3.63, 3.8) is 0 Å². The molecule has 3 heterocycles. The molecule has 0 spiro atoms. The van der Waals surface area contributed by atoms with Gasteiger partial charge in [-0.25, -0.2) is 15.0 Å². The highest BCUT2D eigenvalue weighted by atomic mass is 16.5. The standard InChI is InChI=1S/C27H30N6O3/c1-16-21(13-26(34)35)27(31-25(28-16)15-32(3)4)33-9-10-36-24-8-6-18(11-20(24)14-33)19-5-7-22-23(12-19)30-17(2)29-22/h5-8,11-12H,9-10,13-15H2,1-4H3,(H,29,30)(H,34,35). The summed E-state index contributed by atoms with van der Waals surface area (Å²) in [5.74, 6) is 2.15. The molecule has 9 nitrogen and oxygen atoms in total. The zero-order chi connectivity index (χ0) is 25.4. The summed E-state index contributed by atoms with van der Waals surface area (Å²) in [4.78, 5) is 33.0. The molecule has 0 fully saturated rings. The Morgan fingerprint density at radius 1 is 1.11 bits per heavy atom. The maximum atomic E-state index is 11.7. The van der Waals surface area contributed by atoms with Crippen LogP contribution in [0.5, 0.6) is 5.75 Å². The number of anilines is 1. The molecule has 9 heteroatoms. The lowest BCUT2D eigenvalue weighted by atomic mass is 10.0. The summed E-state index contributed by atoms with van der Waals surface area (Å²) < 4.78 is 6.08. The Labute approximate surface area is 209 Å². The van der Waals surface area contributed by atoms with Crippen LogP contribution in [-0.4, -0.2) is 63.2 Å². The van der Waals surface area contributed by atoms with Gasteiger partial charge in [0.2, 0.25) is 0 Å². The Bertz CT molecular complexity index is 1450. The van der Waals surface area contributed by atoms with Crippen molar-refractivity contribution in [3.05, 3.63) is 64.9 Å². The number of ether oxygens (including phenoxy) is 1. The van der Waals surface area contributed by atoms with Crippen molar-refractivity contribution < 1.29 is 14.6 Å². The largest absolute Gasteiger partial charge is 0.491 e. The molecule has 36 heavy (non-hydrogen) atoms. The maximum absolute atomic E-state index is 11.7. The number of carboxylic acid groups (broad SMARTS) is 1. The number of carboxylic acids is 1. The molecule has 0 radical (unpaired) electrons. The van der Waals surface area contributed by atoms with E-state index in [-0.39, 0.29) is 6.42 Å². The summed E-state index contributed by atoms with van der Waals surface area (Å²) in [7, 11) is 3.92. The number of hydrogen-bond donors (Lipinski definition) is 2. The smallest absolute Gasteiger partial charge is 0.308 e. The molecule has 5 rings (SSSR count). The predicted octanol–water partition coefficient (Wildman–Crippen LogP) is 3.72. The maximum Gasteiger partial charge on any atom is 0.308 e. The third kappa shape index (κ3) is 4.87. The van der Waals surface area contributed by atoms with Gasteiger partial charge in [-0.2, -0.15) is 0 Å². The number of fused-ring (bicyclic) bond motifs is 2. The topological polar surface area (TPSA) is 107 Å².